The number of phenols is 3. The van der Waals surface area contributed by atoms with E-state index in [2.05, 4.69) is 0 Å². The van der Waals surface area contributed by atoms with Crippen LogP contribution in [0.2, 0.25) is 0 Å². The first-order chi connectivity index (χ1) is 14.0. The van der Waals surface area contributed by atoms with Gasteiger partial charge < -0.3 is 24.7 Å². The zero-order valence-electron chi connectivity index (χ0n) is 16.2. The van der Waals surface area contributed by atoms with Gasteiger partial charge in [0.15, 0.2) is 0 Å². The average molecular weight is 476 g/mol. The molecule has 0 atom stereocenters. The van der Waals surface area contributed by atoms with Crippen molar-refractivity contribution in [2.24, 2.45) is 0 Å². The summed E-state index contributed by atoms with van der Waals surface area (Å²) >= 11 is 0. The van der Waals surface area contributed by atoms with E-state index in [-0.39, 0.29) is 50.8 Å². The molecule has 0 saturated heterocycles. The molecule has 3 rings (SSSR count). The second-order valence-electron chi connectivity index (χ2n) is 5.41. The van der Waals surface area contributed by atoms with E-state index in [1.54, 1.807) is 0 Å². The van der Waals surface area contributed by atoms with Gasteiger partial charge in [-0.15, -0.1) is 0 Å². The molecular weight excluding hydrogens is 459 g/mol. The second kappa shape index (κ2) is 12.4. The molecule has 0 unspecified atom stereocenters. The van der Waals surface area contributed by atoms with Crippen molar-refractivity contribution in [1.82, 2.24) is 0 Å². The molecule has 9 nitrogen and oxygen atoms in total. The molecule has 3 aromatic carbocycles. The Kier molecular flexibility index (Phi) is 11.5. The first-order valence-corrected chi connectivity index (χ1v) is 10.8. The molecule has 0 saturated carbocycles. The summed E-state index contributed by atoms with van der Waals surface area (Å²) in [5, 5.41) is 27.1. The maximum atomic E-state index is 12.1. The second-order valence-corrected chi connectivity index (χ2v) is 8.71. The minimum absolute atomic E-state index is 0. The maximum absolute atomic E-state index is 12.1. The molecule has 0 amide bonds. The summed E-state index contributed by atoms with van der Waals surface area (Å²) in [4.78, 5) is 7.61. The van der Waals surface area contributed by atoms with Crippen LogP contribution in [-0.4, -0.2) is 43.5 Å². The number of sulfone groups is 1. The molecule has 12 heteroatoms. The molecule has 31 heavy (non-hydrogen) atoms. The van der Waals surface area contributed by atoms with E-state index in [0.717, 1.165) is 12.1 Å². The van der Waals surface area contributed by atoms with E-state index in [4.69, 9.17) is 20.1 Å². The SMILES string of the molecule is C=O.O=S(=O)([O-])c1ccccc1O.O=S(=O)(c1ccc(O)cc1)c1ccc(O)cc1.[Na+]. The Bertz CT molecular complexity index is 1120. The molecule has 0 heterocycles. The molecular formula is C19H17NaO9S2. The predicted molar refractivity (Wildman–Crippen MR) is 105 cm³/mol. The largest absolute Gasteiger partial charge is 1.00 e. The summed E-state index contributed by atoms with van der Waals surface area (Å²) in [7, 11) is -8.13. The minimum Gasteiger partial charge on any atom is -0.744 e. The number of phenolic OH excluding ortho intramolecular Hbond substituents is 3. The van der Waals surface area contributed by atoms with Gasteiger partial charge in [-0.25, -0.2) is 16.8 Å². The van der Waals surface area contributed by atoms with E-state index >= 15 is 0 Å². The number of para-hydroxylation sites is 1. The van der Waals surface area contributed by atoms with Gasteiger partial charge in [-0.2, -0.15) is 0 Å². The van der Waals surface area contributed by atoms with E-state index < -0.39 is 30.6 Å². The Morgan fingerprint density at radius 1 is 0.645 bits per heavy atom. The first-order valence-electron chi connectivity index (χ1n) is 7.88. The maximum Gasteiger partial charge on any atom is 1.00 e. The van der Waals surface area contributed by atoms with Crippen molar-refractivity contribution in [1.29, 1.82) is 0 Å². The number of rotatable bonds is 3. The minimum atomic E-state index is -4.53. The molecule has 0 aliphatic heterocycles. The Labute approximate surface area is 201 Å². The molecule has 0 radical (unpaired) electrons. The van der Waals surface area contributed by atoms with Crippen LogP contribution in [0.25, 0.3) is 0 Å². The van der Waals surface area contributed by atoms with Crippen molar-refractivity contribution in [2.75, 3.05) is 0 Å². The number of carbonyl (C=O) groups is 1. The normalized spacial score (nSPS) is 10.4. The van der Waals surface area contributed by atoms with Gasteiger partial charge in [0.25, 0.3) is 0 Å². The summed E-state index contributed by atoms with van der Waals surface area (Å²) < 4.78 is 55.2. The molecule has 0 aromatic heterocycles. The van der Waals surface area contributed by atoms with Gasteiger partial charge in [0, 0.05) is 0 Å². The number of hydrogen-bond donors (Lipinski definition) is 3. The standard InChI is InChI=1S/C12H10O4S.C6H6O4S.CH2O.Na/c13-9-1-5-11(6-2-9)17(15,16)12-7-3-10(14)4-8-12;7-5-3-1-2-4-6(5)11(8,9)10;1-2;/h1-8,13-14H;1-4,7H,(H,8,9,10);1H2;/q;;;+1/p-1. The fourth-order valence-electron chi connectivity index (χ4n) is 2.06. The van der Waals surface area contributed by atoms with Gasteiger partial charge in [-0.3, -0.25) is 0 Å². The van der Waals surface area contributed by atoms with Crippen LogP contribution in [0, 0.1) is 0 Å². The third-order valence-corrected chi connectivity index (χ3v) is 6.10. The number of hydrogen-bond acceptors (Lipinski definition) is 9. The quantitative estimate of drug-likeness (QED) is 0.318. The van der Waals surface area contributed by atoms with E-state index in [9.17, 15) is 21.4 Å². The Morgan fingerprint density at radius 3 is 1.29 bits per heavy atom. The van der Waals surface area contributed by atoms with E-state index in [1.165, 1.54) is 60.7 Å². The van der Waals surface area contributed by atoms with E-state index in [1.807, 2.05) is 6.79 Å². The summed E-state index contributed by atoms with van der Waals surface area (Å²) in [5.74, 6) is -0.494. The van der Waals surface area contributed by atoms with Crippen LogP contribution < -0.4 is 29.6 Å². The molecule has 0 spiro atoms. The Hall–Kier alpha value is -2.41. The zero-order valence-corrected chi connectivity index (χ0v) is 19.9. The number of carbonyl (C=O) groups excluding carboxylic acids is 1. The topological polar surface area (TPSA) is 169 Å². The summed E-state index contributed by atoms with van der Waals surface area (Å²) in [6.45, 7) is 2.00. The molecule has 0 fully saturated rings. The summed E-state index contributed by atoms with van der Waals surface area (Å²) in [6, 6.07) is 15.6. The van der Waals surface area contributed by atoms with Gasteiger partial charge in [0.05, 0.1) is 14.7 Å². The van der Waals surface area contributed by atoms with Crippen LogP contribution in [0.15, 0.2) is 87.5 Å². The number of benzene rings is 3. The first kappa shape index (κ1) is 28.6. The molecule has 3 aromatic rings. The molecule has 0 aliphatic rings. The number of aromatic hydroxyl groups is 3. The molecule has 3 N–H and O–H groups in total. The average Bonchev–Trinajstić information content (AvgIpc) is 2.70. The van der Waals surface area contributed by atoms with Gasteiger partial charge in [-0.1, -0.05) is 12.1 Å². The van der Waals surface area contributed by atoms with Crippen LogP contribution in [0.3, 0.4) is 0 Å². The Balaban J connectivity index is 0.000000561. The van der Waals surface area contributed by atoms with Crippen LogP contribution in [0.4, 0.5) is 0 Å². The molecule has 160 valence electrons. The zero-order chi connectivity index (χ0) is 22.9. The monoisotopic (exact) mass is 476 g/mol. The third-order valence-electron chi connectivity index (χ3n) is 3.43. The van der Waals surface area contributed by atoms with Crippen molar-refractivity contribution in [3.8, 4) is 17.2 Å². The summed E-state index contributed by atoms with van der Waals surface area (Å²) in [5.41, 5.74) is 0. The van der Waals surface area contributed by atoms with Crippen molar-refractivity contribution in [2.45, 2.75) is 14.7 Å². The summed E-state index contributed by atoms with van der Waals surface area (Å²) in [6.07, 6.45) is 0. The van der Waals surface area contributed by atoms with Gasteiger partial charge in [0.2, 0.25) is 9.84 Å². The Morgan fingerprint density at radius 2 is 1.00 bits per heavy atom. The van der Waals surface area contributed by atoms with Crippen molar-refractivity contribution < 1.29 is 71.1 Å². The molecule has 0 aliphatic carbocycles. The fraction of sp³-hybridized carbons (Fsp3) is 0. The smallest absolute Gasteiger partial charge is 0.744 e. The fourth-order valence-corrected chi connectivity index (χ4v) is 3.89. The van der Waals surface area contributed by atoms with Crippen LogP contribution in [-0.2, 0) is 24.7 Å². The van der Waals surface area contributed by atoms with Crippen LogP contribution >= 0.6 is 0 Å². The molecule has 0 bridgehead atoms. The van der Waals surface area contributed by atoms with E-state index in [0.29, 0.717) is 0 Å². The van der Waals surface area contributed by atoms with Crippen LogP contribution in [0.1, 0.15) is 0 Å². The van der Waals surface area contributed by atoms with Crippen molar-refractivity contribution in [3.05, 3.63) is 72.8 Å². The van der Waals surface area contributed by atoms with Gasteiger partial charge in [-0.05, 0) is 60.7 Å². The predicted octanol–water partition coefficient (Wildman–Crippen LogP) is -0.954. The van der Waals surface area contributed by atoms with Crippen LogP contribution in [0.5, 0.6) is 17.2 Å². The van der Waals surface area contributed by atoms with Crippen molar-refractivity contribution in [3.63, 3.8) is 0 Å². The van der Waals surface area contributed by atoms with Crippen molar-refractivity contribution >= 4 is 26.7 Å². The van der Waals surface area contributed by atoms with Gasteiger partial charge >= 0.3 is 29.6 Å². The van der Waals surface area contributed by atoms with Gasteiger partial charge in [0.1, 0.15) is 34.2 Å². The third kappa shape index (κ3) is 8.32.